The Morgan fingerprint density at radius 1 is 1.44 bits per heavy atom. The van der Waals surface area contributed by atoms with Crippen molar-refractivity contribution in [1.82, 2.24) is 19.7 Å². The molecule has 1 aromatic heterocycles. The van der Waals surface area contributed by atoms with Crippen LogP contribution < -0.4 is 11.0 Å². The zero-order valence-electron chi connectivity index (χ0n) is 14.7. The second-order valence-corrected chi connectivity index (χ2v) is 6.28. The molecule has 2 heterocycles. The van der Waals surface area contributed by atoms with Gasteiger partial charge in [-0.1, -0.05) is 12.1 Å². The number of carbonyl (C=O) groups is 1. The molecule has 25 heavy (non-hydrogen) atoms. The fraction of sp³-hybridized carbons (Fsp3) is 0.500. The van der Waals surface area contributed by atoms with Crippen LogP contribution in [-0.2, 0) is 17.8 Å². The van der Waals surface area contributed by atoms with Gasteiger partial charge in [-0.25, -0.2) is 14.3 Å². The first-order valence-corrected chi connectivity index (χ1v) is 8.69. The molecule has 0 spiro atoms. The Hall–Kier alpha value is -2.41. The lowest BCUT2D eigenvalue weighted by atomic mass is 9.99. The van der Waals surface area contributed by atoms with Crippen LogP contribution in [0.4, 0.5) is 0 Å². The minimum absolute atomic E-state index is 0.105. The summed E-state index contributed by atoms with van der Waals surface area (Å²) >= 11 is 0. The van der Waals surface area contributed by atoms with E-state index < -0.39 is 0 Å². The molecule has 1 aliphatic rings. The molecular formula is C18H24N4O3. The Labute approximate surface area is 146 Å². The molecule has 0 amide bonds. The van der Waals surface area contributed by atoms with Gasteiger partial charge in [-0.2, -0.15) is 5.10 Å². The van der Waals surface area contributed by atoms with Crippen molar-refractivity contribution in [1.29, 1.82) is 0 Å². The number of methoxy groups -OCH3 is 1. The minimum atomic E-state index is -0.387. The summed E-state index contributed by atoms with van der Waals surface area (Å²) < 4.78 is 7.99. The molecule has 134 valence electrons. The number of benzene rings is 1. The van der Waals surface area contributed by atoms with Crippen LogP contribution in [0.1, 0.15) is 47.4 Å². The smallest absolute Gasteiger partial charge is 0.346 e. The third-order valence-corrected chi connectivity index (χ3v) is 4.61. The van der Waals surface area contributed by atoms with E-state index in [2.05, 4.69) is 10.4 Å². The number of rotatable bonds is 5. The molecule has 3 rings (SSSR count). The van der Waals surface area contributed by atoms with Crippen molar-refractivity contribution >= 4 is 5.97 Å². The van der Waals surface area contributed by atoms with Crippen LogP contribution in [0.15, 0.2) is 29.1 Å². The number of aromatic nitrogens is 3. The van der Waals surface area contributed by atoms with Gasteiger partial charge in [0.2, 0.25) is 0 Å². The summed E-state index contributed by atoms with van der Waals surface area (Å²) in [5, 5.41) is 7.98. The topological polar surface area (TPSA) is 78.2 Å². The maximum absolute atomic E-state index is 12.7. The number of nitrogens with one attached hydrogen (secondary N) is 1. The van der Waals surface area contributed by atoms with Crippen molar-refractivity contribution in [2.24, 2.45) is 0 Å². The molecule has 2 aromatic rings. The number of hydrogen-bond acceptors (Lipinski definition) is 5. The van der Waals surface area contributed by atoms with Gasteiger partial charge in [0.15, 0.2) is 0 Å². The second kappa shape index (κ2) is 7.65. The first kappa shape index (κ1) is 17.4. The summed E-state index contributed by atoms with van der Waals surface area (Å²) in [5.74, 6) is 0.732. The lowest BCUT2D eigenvalue weighted by Gasteiger charge is -2.21. The first-order valence-electron chi connectivity index (χ1n) is 8.69. The summed E-state index contributed by atoms with van der Waals surface area (Å²) in [6, 6.07) is 7.11. The molecule has 1 aliphatic heterocycles. The van der Waals surface area contributed by atoms with E-state index in [0.29, 0.717) is 18.7 Å². The van der Waals surface area contributed by atoms with E-state index in [1.54, 1.807) is 22.8 Å². The number of nitrogens with zero attached hydrogens (tertiary/aromatic N) is 3. The van der Waals surface area contributed by atoms with E-state index in [0.717, 1.165) is 37.3 Å². The largest absolute Gasteiger partial charge is 0.465 e. The van der Waals surface area contributed by atoms with Gasteiger partial charge < -0.3 is 10.1 Å². The van der Waals surface area contributed by atoms with Crippen LogP contribution in [0.5, 0.6) is 0 Å². The first-order chi connectivity index (χ1) is 12.1. The quantitative estimate of drug-likeness (QED) is 0.829. The number of carbonyl (C=O) groups excluding carboxylic acids is 1. The fourth-order valence-electron chi connectivity index (χ4n) is 3.32. The summed E-state index contributed by atoms with van der Waals surface area (Å²) in [7, 11) is 1.35. The number of ether oxygens (including phenoxy) is 1. The van der Waals surface area contributed by atoms with Gasteiger partial charge in [-0.15, -0.1) is 0 Å². The van der Waals surface area contributed by atoms with Gasteiger partial charge in [0.05, 0.1) is 19.2 Å². The van der Waals surface area contributed by atoms with Gasteiger partial charge in [0, 0.05) is 19.0 Å². The van der Waals surface area contributed by atoms with Crippen LogP contribution in [0.25, 0.3) is 0 Å². The summed E-state index contributed by atoms with van der Waals surface area (Å²) in [6.07, 6.45) is 2.14. The monoisotopic (exact) mass is 344 g/mol. The van der Waals surface area contributed by atoms with E-state index in [-0.39, 0.29) is 17.6 Å². The lowest BCUT2D eigenvalue weighted by molar-refractivity contribution is 0.0600. The molecule has 0 unspecified atom stereocenters. The van der Waals surface area contributed by atoms with Gasteiger partial charge in [0.25, 0.3) is 0 Å². The molecule has 1 aromatic carbocycles. The van der Waals surface area contributed by atoms with Crippen LogP contribution in [-0.4, -0.2) is 40.5 Å². The Morgan fingerprint density at radius 2 is 2.28 bits per heavy atom. The van der Waals surface area contributed by atoms with Crippen molar-refractivity contribution in [2.75, 3.05) is 20.2 Å². The zero-order valence-corrected chi connectivity index (χ0v) is 14.7. The highest BCUT2D eigenvalue weighted by Gasteiger charge is 2.23. The summed E-state index contributed by atoms with van der Waals surface area (Å²) in [6.45, 7) is 4.78. The maximum atomic E-state index is 12.7. The third kappa shape index (κ3) is 3.66. The maximum Gasteiger partial charge on any atom is 0.346 e. The highest BCUT2D eigenvalue weighted by atomic mass is 16.5. The van der Waals surface area contributed by atoms with Crippen LogP contribution in [0.2, 0.25) is 0 Å². The highest BCUT2D eigenvalue weighted by molar-refractivity contribution is 5.89. The average molecular weight is 344 g/mol. The van der Waals surface area contributed by atoms with Crippen molar-refractivity contribution in [2.45, 2.75) is 38.8 Å². The molecule has 1 fully saturated rings. The molecule has 1 N–H and O–H groups in total. The average Bonchev–Trinajstić information content (AvgIpc) is 2.97. The van der Waals surface area contributed by atoms with Gasteiger partial charge in [-0.05, 0) is 44.0 Å². The van der Waals surface area contributed by atoms with E-state index in [9.17, 15) is 9.59 Å². The normalized spacial score (nSPS) is 17.4. The van der Waals surface area contributed by atoms with Crippen LogP contribution in [0.3, 0.4) is 0 Å². The Balaban J connectivity index is 1.89. The standard InChI is InChI=1S/C18H24N4O3/c1-3-21-16(15-8-5-9-19-11-15)20-22(18(21)24)12-13-6-4-7-14(10-13)17(23)25-2/h4,6-7,10,15,19H,3,5,8-9,11-12H2,1-2H3/t15-/m1/s1. The van der Waals surface area contributed by atoms with Crippen molar-refractivity contribution < 1.29 is 9.53 Å². The van der Waals surface area contributed by atoms with Crippen LogP contribution in [0, 0.1) is 0 Å². The van der Waals surface area contributed by atoms with Gasteiger partial charge in [-0.3, -0.25) is 4.57 Å². The predicted octanol–water partition coefficient (Wildman–Crippen LogP) is 1.37. The molecule has 0 saturated carbocycles. The Morgan fingerprint density at radius 3 is 2.96 bits per heavy atom. The summed E-state index contributed by atoms with van der Waals surface area (Å²) in [4.78, 5) is 24.4. The van der Waals surface area contributed by atoms with Gasteiger partial charge >= 0.3 is 11.7 Å². The fourth-order valence-corrected chi connectivity index (χ4v) is 3.32. The molecule has 0 aliphatic carbocycles. The number of hydrogen-bond donors (Lipinski definition) is 1. The van der Waals surface area contributed by atoms with Crippen LogP contribution >= 0.6 is 0 Å². The highest BCUT2D eigenvalue weighted by Crippen LogP contribution is 2.20. The molecule has 0 radical (unpaired) electrons. The summed E-state index contributed by atoms with van der Waals surface area (Å²) in [5.41, 5.74) is 1.21. The van der Waals surface area contributed by atoms with Crippen molar-refractivity contribution in [3.63, 3.8) is 0 Å². The Kier molecular flexibility index (Phi) is 5.33. The van der Waals surface area contributed by atoms with E-state index in [1.165, 1.54) is 11.8 Å². The SMILES string of the molecule is CCn1c([C@@H]2CCCNC2)nn(Cc2cccc(C(=O)OC)c2)c1=O. The van der Waals surface area contributed by atoms with Crippen molar-refractivity contribution in [3.05, 3.63) is 51.7 Å². The Bertz CT molecular complexity index is 803. The second-order valence-electron chi connectivity index (χ2n) is 6.28. The minimum Gasteiger partial charge on any atom is -0.465 e. The van der Waals surface area contributed by atoms with E-state index in [1.807, 2.05) is 13.0 Å². The molecule has 7 nitrogen and oxygen atoms in total. The predicted molar refractivity (Wildman–Crippen MR) is 93.9 cm³/mol. The third-order valence-electron chi connectivity index (χ3n) is 4.61. The van der Waals surface area contributed by atoms with Gasteiger partial charge in [0.1, 0.15) is 5.82 Å². The number of esters is 1. The van der Waals surface area contributed by atoms with E-state index in [4.69, 9.17) is 4.74 Å². The number of piperidine rings is 1. The molecule has 1 saturated heterocycles. The molecule has 0 bridgehead atoms. The lowest BCUT2D eigenvalue weighted by Crippen LogP contribution is -2.31. The molecule has 1 atom stereocenters. The van der Waals surface area contributed by atoms with E-state index >= 15 is 0 Å². The molecule has 7 heteroatoms. The zero-order chi connectivity index (χ0) is 17.8. The van der Waals surface area contributed by atoms with Crippen molar-refractivity contribution in [3.8, 4) is 0 Å². The molecular weight excluding hydrogens is 320 g/mol.